The fourth-order valence-corrected chi connectivity index (χ4v) is 0. The number of hydrogen-bond acceptors (Lipinski definition) is 3. The van der Waals surface area contributed by atoms with Crippen LogP contribution in [0.2, 0.25) is 0 Å². The van der Waals surface area contributed by atoms with E-state index in [0.29, 0.717) is 0 Å². The van der Waals surface area contributed by atoms with Crippen molar-refractivity contribution >= 4 is 0 Å². The predicted molar refractivity (Wildman–Crippen MR) is 33.8 cm³/mol. The first-order valence-electron chi connectivity index (χ1n) is 2.56. The second-order valence-corrected chi connectivity index (χ2v) is 1.53. The predicted octanol–water partition coefficient (Wildman–Crippen LogP) is -0.805. The maximum Gasteiger partial charge on any atom is 0.0742 e. The molecule has 0 aliphatic carbocycles. The lowest BCUT2D eigenvalue weighted by Gasteiger charge is -1.90. The van der Waals surface area contributed by atoms with E-state index in [-0.39, 0.29) is 6.61 Å². The van der Waals surface area contributed by atoms with Crippen molar-refractivity contribution in [1.29, 1.82) is 0 Å². The summed E-state index contributed by atoms with van der Waals surface area (Å²) in [6.07, 6.45) is -0.560. The number of aliphatic hydroxyl groups is 2. The maximum atomic E-state index is 8.11. The molecule has 3 nitrogen and oxygen atoms in total. The topological polar surface area (TPSA) is 52.5 Å². The first-order chi connectivity index (χ1) is 3.68. The van der Waals surface area contributed by atoms with Gasteiger partial charge in [0.25, 0.3) is 0 Å². The Kier molecular flexibility index (Phi) is 13.5. The molecular formula is C5H15NO2. The largest absolute Gasteiger partial charge is 0.394 e. The fourth-order valence-electron chi connectivity index (χ4n) is 0. The van der Waals surface area contributed by atoms with E-state index in [4.69, 9.17) is 10.2 Å². The van der Waals surface area contributed by atoms with Gasteiger partial charge < -0.3 is 15.5 Å². The normalized spacial score (nSPS) is 11.6. The molecule has 0 radical (unpaired) electrons. The zero-order valence-electron chi connectivity index (χ0n) is 5.68. The molecule has 0 aromatic rings. The van der Waals surface area contributed by atoms with E-state index in [1.165, 1.54) is 6.92 Å². The highest BCUT2D eigenvalue weighted by Gasteiger charge is 1.83. The van der Waals surface area contributed by atoms with Crippen LogP contribution in [-0.4, -0.2) is 37.0 Å². The van der Waals surface area contributed by atoms with Crippen LogP contribution in [0.15, 0.2) is 0 Å². The molecule has 8 heavy (non-hydrogen) atoms. The molecule has 0 fully saturated rings. The highest BCUT2D eigenvalue weighted by atomic mass is 16.3. The van der Waals surface area contributed by atoms with Crippen LogP contribution in [0.3, 0.4) is 0 Å². The van der Waals surface area contributed by atoms with E-state index < -0.39 is 6.10 Å². The first-order valence-corrected chi connectivity index (χ1v) is 2.56. The van der Waals surface area contributed by atoms with Crippen LogP contribution in [-0.2, 0) is 0 Å². The van der Waals surface area contributed by atoms with Crippen LogP contribution in [0, 0.1) is 0 Å². The zero-order valence-corrected chi connectivity index (χ0v) is 5.68. The van der Waals surface area contributed by atoms with Gasteiger partial charge in [0.15, 0.2) is 0 Å². The minimum absolute atomic E-state index is 0.139. The van der Waals surface area contributed by atoms with Gasteiger partial charge in [0.05, 0.1) is 12.7 Å². The number of hydrogen-bond donors (Lipinski definition) is 3. The van der Waals surface area contributed by atoms with Crippen molar-refractivity contribution in [3.8, 4) is 0 Å². The van der Waals surface area contributed by atoms with Crippen LogP contribution in [0.4, 0.5) is 0 Å². The van der Waals surface area contributed by atoms with E-state index in [9.17, 15) is 0 Å². The fraction of sp³-hybridized carbons (Fsp3) is 1.00. The van der Waals surface area contributed by atoms with Crippen LogP contribution in [0.25, 0.3) is 0 Å². The number of aliphatic hydroxyl groups excluding tert-OH is 2. The van der Waals surface area contributed by atoms with E-state index in [1.54, 1.807) is 0 Å². The van der Waals surface area contributed by atoms with Gasteiger partial charge in [0, 0.05) is 0 Å². The van der Waals surface area contributed by atoms with Gasteiger partial charge in [0.1, 0.15) is 0 Å². The van der Waals surface area contributed by atoms with Gasteiger partial charge in [-0.1, -0.05) is 0 Å². The minimum Gasteiger partial charge on any atom is -0.394 e. The van der Waals surface area contributed by atoms with Crippen LogP contribution < -0.4 is 5.32 Å². The Morgan fingerprint density at radius 2 is 1.62 bits per heavy atom. The molecule has 0 heterocycles. The van der Waals surface area contributed by atoms with Crippen molar-refractivity contribution < 1.29 is 10.2 Å². The summed E-state index contributed by atoms with van der Waals surface area (Å²) < 4.78 is 0. The van der Waals surface area contributed by atoms with Gasteiger partial charge in [-0.2, -0.15) is 0 Å². The Labute approximate surface area is 50.3 Å². The molecule has 1 unspecified atom stereocenters. The van der Waals surface area contributed by atoms with E-state index in [2.05, 4.69) is 5.32 Å². The maximum absolute atomic E-state index is 8.11. The third-order valence-electron chi connectivity index (χ3n) is 0.264. The van der Waals surface area contributed by atoms with Crippen molar-refractivity contribution in [3.63, 3.8) is 0 Å². The summed E-state index contributed by atoms with van der Waals surface area (Å²) in [5, 5.41) is 18.8. The van der Waals surface area contributed by atoms with Crippen molar-refractivity contribution in [2.45, 2.75) is 13.0 Å². The summed E-state index contributed by atoms with van der Waals surface area (Å²) in [6.45, 7) is 1.39. The molecule has 0 aliphatic heterocycles. The van der Waals surface area contributed by atoms with Gasteiger partial charge in [0.2, 0.25) is 0 Å². The minimum atomic E-state index is -0.560. The first kappa shape index (κ1) is 10.8. The monoisotopic (exact) mass is 121 g/mol. The van der Waals surface area contributed by atoms with Gasteiger partial charge in [-0.25, -0.2) is 0 Å². The smallest absolute Gasteiger partial charge is 0.0742 e. The molecule has 0 bridgehead atoms. The number of rotatable bonds is 1. The Bertz CT molecular complexity index is 31.6. The molecule has 0 saturated heterocycles. The van der Waals surface area contributed by atoms with Crippen molar-refractivity contribution in [2.24, 2.45) is 0 Å². The average molecular weight is 121 g/mol. The Hall–Kier alpha value is -0.120. The summed E-state index contributed by atoms with van der Waals surface area (Å²) in [5.74, 6) is 0. The molecular weight excluding hydrogens is 106 g/mol. The van der Waals surface area contributed by atoms with Crippen molar-refractivity contribution in [3.05, 3.63) is 0 Å². The standard InChI is InChI=1S/C3H8O2.C2H7N/c1-3(5)2-4;1-3-2/h3-5H,2H2,1H3;3H,1-2H3. The second kappa shape index (κ2) is 9.99. The van der Waals surface area contributed by atoms with E-state index in [0.717, 1.165) is 0 Å². The summed E-state index contributed by atoms with van der Waals surface area (Å²) in [7, 11) is 3.75. The Balaban J connectivity index is 0. The lowest BCUT2D eigenvalue weighted by atomic mass is 10.5. The lowest BCUT2D eigenvalue weighted by molar-refractivity contribution is 0.110. The van der Waals surface area contributed by atoms with Crippen molar-refractivity contribution in [1.82, 2.24) is 5.32 Å². The molecule has 0 aromatic heterocycles. The molecule has 52 valence electrons. The summed E-state index contributed by atoms with van der Waals surface area (Å²) in [6, 6.07) is 0. The van der Waals surface area contributed by atoms with E-state index >= 15 is 0 Å². The van der Waals surface area contributed by atoms with Gasteiger partial charge in [-0.15, -0.1) is 0 Å². The molecule has 0 amide bonds. The molecule has 1 atom stereocenters. The van der Waals surface area contributed by atoms with Crippen LogP contribution in [0.5, 0.6) is 0 Å². The highest BCUT2D eigenvalue weighted by molar-refractivity contribution is 4.34. The Morgan fingerprint density at radius 3 is 1.62 bits per heavy atom. The summed E-state index contributed by atoms with van der Waals surface area (Å²) in [4.78, 5) is 0. The molecule has 0 rings (SSSR count). The quantitative estimate of drug-likeness (QED) is 0.425. The third-order valence-corrected chi connectivity index (χ3v) is 0.264. The molecule has 3 heteroatoms. The van der Waals surface area contributed by atoms with Crippen LogP contribution >= 0.6 is 0 Å². The van der Waals surface area contributed by atoms with Gasteiger partial charge in [-0.05, 0) is 21.0 Å². The summed E-state index contributed by atoms with van der Waals surface area (Å²) >= 11 is 0. The Morgan fingerprint density at radius 1 is 1.50 bits per heavy atom. The van der Waals surface area contributed by atoms with Gasteiger partial charge >= 0.3 is 0 Å². The zero-order chi connectivity index (χ0) is 6.99. The molecule has 0 saturated carbocycles. The third kappa shape index (κ3) is 39.6. The number of nitrogens with one attached hydrogen (secondary N) is 1. The van der Waals surface area contributed by atoms with Gasteiger partial charge in [-0.3, -0.25) is 0 Å². The molecule has 3 N–H and O–H groups in total. The second-order valence-electron chi connectivity index (χ2n) is 1.53. The SMILES string of the molecule is CC(O)CO.CNC. The van der Waals surface area contributed by atoms with E-state index in [1.807, 2.05) is 14.1 Å². The highest BCUT2D eigenvalue weighted by Crippen LogP contribution is 1.68. The molecule has 0 aliphatic rings. The molecule has 0 spiro atoms. The summed E-state index contributed by atoms with van der Waals surface area (Å²) in [5.41, 5.74) is 0. The van der Waals surface area contributed by atoms with Crippen LogP contribution in [0.1, 0.15) is 6.92 Å². The molecule has 0 aromatic carbocycles. The lowest BCUT2D eigenvalue weighted by Crippen LogP contribution is -2.03. The van der Waals surface area contributed by atoms with Crippen molar-refractivity contribution in [2.75, 3.05) is 20.7 Å². The average Bonchev–Trinajstić information content (AvgIpc) is 1.69.